The average molecular weight is 361 g/mol. The molecule has 0 N–H and O–H groups in total. The Kier molecular flexibility index (Phi) is 6.56. The number of nitrogens with zero attached hydrogens (tertiary/aromatic N) is 3. The van der Waals surface area contributed by atoms with Crippen molar-refractivity contribution in [2.75, 3.05) is 13.7 Å². The van der Waals surface area contributed by atoms with Gasteiger partial charge in [0.1, 0.15) is 16.9 Å². The molecule has 2 aromatic rings. The number of pyridine rings is 1. The topological polar surface area (TPSA) is 98.2 Å². The maximum Gasteiger partial charge on any atom is 0.360 e. The van der Waals surface area contributed by atoms with Crippen LogP contribution in [0, 0.1) is 25.2 Å². The third-order valence-electron chi connectivity index (χ3n) is 3.41. The fourth-order valence-corrected chi connectivity index (χ4v) is 3.42. The van der Waals surface area contributed by atoms with Crippen molar-refractivity contribution in [3.05, 3.63) is 39.9 Å². The molecule has 2 rings (SSSR count). The predicted octanol–water partition coefficient (Wildman–Crippen LogP) is 3.17. The summed E-state index contributed by atoms with van der Waals surface area (Å²) in [5.74, 6) is 0.410. The molecule has 0 aliphatic carbocycles. The van der Waals surface area contributed by atoms with Gasteiger partial charge in [0.2, 0.25) is 0 Å². The fraction of sp³-hybridized carbons (Fsp3) is 0.412. The molecule has 0 saturated carbocycles. The van der Waals surface area contributed by atoms with E-state index in [4.69, 9.17) is 14.0 Å². The van der Waals surface area contributed by atoms with Gasteiger partial charge in [0.05, 0.1) is 18.8 Å². The van der Waals surface area contributed by atoms with Crippen LogP contribution in [-0.4, -0.2) is 29.8 Å². The van der Waals surface area contributed by atoms with Crippen molar-refractivity contribution in [1.82, 2.24) is 10.1 Å². The molecular weight excluding hydrogens is 342 g/mol. The Hall–Kier alpha value is -2.37. The number of hydrogen-bond donors (Lipinski definition) is 0. The number of methoxy groups -OCH3 is 1. The van der Waals surface area contributed by atoms with Gasteiger partial charge in [0, 0.05) is 24.1 Å². The van der Waals surface area contributed by atoms with Gasteiger partial charge in [-0.15, -0.1) is 11.8 Å². The molecule has 132 valence electrons. The molecule has 0 atom stereocenters. The predicted molar refractivity (Wildman–Crippen MR) is 91.2 cm³/mol. The standard InChI is InChI=1S/C17H19N3O4S/c1-5-23-17(21)15-14(11(3)24-20-15)9-25-16-13(7-18)12(8-22-4)6-10(2)19-16/h6H,5,8-9H2,1-4H3. The highest BCUT2D eigenvalue weighted by Gasteiger charge is 2.22. The zero-order valence-electron chi connectivity index (χ0n) is 14.6. The number of hydrogen-bond acceptors (Lipinski definition) is 8. The quantitative estimate of drug-likeness (QED) is 0.548. The fourth-order valence-electron chi connectivity index (χ4n) is 2.26. The van der Waals surface area contributed by atoms with Crippen molar-refractivity contribution in [3.8, 4) is 6.07 Å². The molecule has 0 saturated heterocycles. The van der Waals surface area contributed by atoms with Crippen LogP contribution in [0.3, 0.4) is 0 Å². The summed E-state index contributed by atoms with van der Waals surface area (Å²) in [6.07, 6.45) is 0. The van der Waals surface area contributed by atoms with E-state index < -0.39 is 5.97 Å². The summed E-state index contributed by atoms with van der Waals surface area (Å²) >= 11 is 1.35. The average Bonchev–Trinajstić information content (AvgIpc) is 2.94. The smallest absolute Gasteiger partial charge is 0.360 e. The van der Waals surface area contributed by atoms with Crippen molar-refractivity contribution in [1.29, 1.82) is 5.26 Å². The summed E-state index contributed by atoms with van der Waals surface area (Å²) in [6, 6.07) is 4.02. The van der Waals surface area contributed by atoms with Gasteiger partial charge in [-0.05, 0) is 32.4 Å². The van der Waals surface area contributed by atoms with Crippen LogP contribution in [0.5, 0.6) is 0 Å². The Labute approximate surface area is 150 Å². The number of esters is 1. The van der Waals surface area contributed by atoms with Crippen molar-refractivity contribution >= 4 is 17.7 Å². The molecule has 0 amide bonds. The Morgan fingerprint density at radius 1 is 1.44 bits per heavy atom. The molecule has 25 heavy (non-hydrogen) atoms. The van der Waals surface area contributed by atoms with Crippen molar-refractivity contribution in [2.24, 2.45) is 0 Å². The van der Waals surface area contributed by atoms with Gasteiger partial charge in [0.25, 0.3) is 0 Å². The summed E-state index contributed by atoms with van der Waals surface area (Å²) in [5, 5.41) is 13.9. The largest absolute Gasteiger partial charge is 0.461 e. The molecule has 2 aromatic heterocycles. The zero-order valence-corrected chi connectivity index (χ0v) is 15.4. The number of carbonyl (C=O) groups is 1. The van der Waals surface area contributed by atoms with E-state index in [0.717, 1.165) is 11.3 Å². The molecule has 0 fully saturated rings. The first-order chi connectivity index (χ1) is 12.0. The Morgan fingerprint density at radius 3 is 2.84 bits per heavy atom. The van der Waals surface area contributed by atoms with E-state index in [-0.39, 0.29) is 12.3 Å². The van der Waals surface area contributed by atoms with Crippen LogP contribution in [0.4, 0.5) is 0 Å². The lowest BCUT2D eigenvalue weighted by molar-refractivity contribution is 0.0513. The molecule has 8 heteroatoms. The van der Waals surface area contributed by atoms with Crippen LogP contribution in [0.15, 0.2) is 15.6 Å². The van der Waals surface area contributed by atoms with Crippen LogP contribution in [0.25, 0.3) is 0 Å². The molecule has 0 aliphatic rings. The highest BCUT2D eigenvalue weighted by Crippen LogP contribution is 2.30. The minimum Gasteiger partial charge on any atom is -0.461 e. The molecule has 0 unspecified atom stereocenters. The second-order valence-corrected chi connectivity index (χ2v) is 6.19. The van der Waals surface area contributed by atoms with Crippen LogP contribution >= 0.6 is 11.8 Å². The molecule has 0 aliphatic heterocycles. The lowest BCUT2D eigenvalue weighted by atomic mass is 10.1. The zero-order chi connectivity index (χ0) is 18.4. The summed E-state index contributed by atoms with van der Waals surface area (Å²) in [6.45, 7) is 5.91. The normalized spacial score (nSPS) is 10.5. The van der Waals surface area contributed by atoms with Gasteiger partial charge in [-0.3, -0.25) is 0 Å². The van der Waals surface area contributed by atoms with Gasteiger partial charge in [-0.1, -0.05) is 5.16 Å². The lowest BCUT2D eigenvalue weighted by Gasteiger charge is -2.09. The number of aryl methyl sites for hydroxylation is 2. The van der Waals surface area contributed by atoms with Crippen LogP contribution in [0.2, 0.25) is 0 Å². The minimum absolute atomic E-state index is 0.162. The first kappa shape index (κ1) is 19.0. The van der Waals surface area contributed by atoms with Gasteiger partial charge in [-0.25, -0.2) is 9.78 Å². The van der Waals surface area contributed by atoms with E-state index in [1.54, 1.807) is 21.0 Å². The Morgan fingerprint density at radius 2 is 2.20 bits per heavy atom. The SMILES string of the molecule is CCOC(=O)c1noc(C)c1CSc1nc(C)cc(COC)c1C#N. The van der Waals surface area contributed by atoms with Gasteiger partial charge in [-0.2, -0.15) is 5.26 Å². The lowest BCUT2D eigenvalue weighted by Crippen LogP contribution is -2.08. The molecule has 0 aromatic carbocycles. The van der Waals surface area contributed by atoms with E-state index in [0.29, 0.717) is 34.3 Å². The van der Waals surface area contributed by atoms with Gasteiger partial charge >= 0.3 is 5.97 Å². The van der Waals surface area contributed by atoms with Gasteiger partial charge in [0.15, 0.2) is 5.69 Å². The molecule has 0 radical (unpaired) electrons. The maximum absolute atomic E-state index is 12.0. The Bertz CT molecular complexity index is 811. The number of aromatic nitrogens is 2. The highest BCUT2D eigenvalue weighted by molar-refractivity contribution is 7.98. The highest BCUT2D eigenvalue weighted by atomic mass is 32.2. The summed E-state index contributed by atoms with van der Waals surface area (Å²) in [5.41, 5.74) is 2.86. The molecular formula is C17H19N3O4S. The first-order valence-electron chi connectivity index (χ1n) is 7.66. The second kappa shape index (κ2) is 8.65. The summed E-state index contributed by atoms with van der Waals surface area (Å²) in [7, 11) is 1.58. The monoisotopic (exact) mass is 361 g/mol. The van der Waals surface area contributed by atoms with Crippen molar-refractivity contribution < 1.29 is 18.8 Å². The van der Waals surface area contributed by atoms with Crippen LogP contribution in [0.1, 0.15) is 45.6 Å². The van der Waals surface area contributed by atoms with Gasteiger partial charge < -0.3 is 14.0 Å². The number of ether oxygens (including phenoxy) is 2. The number of rotatable bonds is 7. The van der Waals surface area contributed by atoms with E-state index >= 15 is 0 Å². The summed E-state index contributed by atoms with van der Waals surface area (Å²) in [4.78, 5) is 16.4. The number of nitriles is 1. The van der Waals surface area contributed by atoms with Crippen LogP contribution in [-0.2, 0) is 21.8 Å². The third kappa shape index (κ3) is 4.38. The molecule has 2 heterocycles. The van der Waals surface area contributed by atoms with E-state index in [2.05, 4.69) is 16.2 Å². The number of carbonyl (C=O) groups excluding carboxylic acids is 1. The Balaban J connectivity index is 2.30. The van der Waals surface area contributed by atoms with E-state index in [9.17, 15) is 10.1 Å². The van der Waals surface area contributed by atoms with Crippen molar-refractivity contribution in [3.63, 3.8) is 0 Å². The number of thioether (sulfide) groups is 1. The molecule has 0 bridgehead atoms. The molecule has 0 spiro atoms. The second-order valence-electron chi connectivity index (χ2n) is 5.22. The van der Waals surface area contributed by atoms with Crippen LogP contribution < -0.4 is 0 Å². The van der Waals surface area contributed by atoms with E-state index in [1.165, 1.54) is 11.8 Å². The van der Waals surface area contributed by atoms with E-state index in [1.807, 2.05) is 13.0 Å². The molecule has 7 nitrogen and oxygen atoms in total. The third-order valence-corrected chi connectivity index (χ3v) is 4.42. The minimum atomic E-state index is -0.521. The van der Waals surface area contributed by atoms with Crippen molar-refractivity contribution in [2.45, 2.75) is 38.2 Å². The maximum atomic E-state index is 12.0. The first-order valence-corrected chi connectivity index (χ1v) is 8.64. The summed E-state index contributed by atoms with van der Waals surface area (Å²) < 4.78 is 15.3.